The van der Waals surface area contributed by atoms with Crippen LogP contribution < -0.4 is 11.1 Å². The molecule has 0 aliphatic rings. The van der Waals surface area contributed by atoms with Crippen LogP contribution in [0.4, 0.5) is 5.69 Å². The first-order chi connectivity index (χ1) is 9.01. The van der Waals surface area contributed by atoms with Gasteiger partial charge in [0.1, 0.15) is 5.52 Å². The number of fused-ring (bicyclic) bond motifs is 1. The number of hydrogen-bond acceptors (Lipinski definition) is 4. The highest BCUT2D eigenvalue weighted by Crippen LogP contribution is 2.21. The summed E-state index contributed by atoms with van der Waals surface area (Å²) in [5, 5.41) is 2.88. The fraction of sp³-hybridized carbons (Fsp3) is 0.429. The molecular formula is C14H19N3O2. The van der Waals surface area contributed by atoms with Gasteiger partial charge >= 0.3 is 0 Å². The molecule has 0 aliphatic carbocycles. The Bertz CT molecular complexity index is 589. The van der Waals surface area contributed by atoms with Crippen molar-refractivity contribution in [1.82, 2.24) is 4.98 Å². The number of nitrogens with two attached hydrogens (primary N) is 1. The number of oxazole rings is 1. The van der Waals surface area contributed by atoms with E-state index in [4.69, 9.17) is 10.2 Å². The van der Waals surface area contributed by atoms with E-state index < -0.39 is 0 Å². The minimum atomic E-state index is -0.185. The molecule has 0 fully saturated rings. The first-order valence-corrected chi connectivity index (χ1v) is 6.39. The summed E-state index contributed by atoms with van der Waals surface area (Å²) in [6, 6.07) is 5.41. The lowest BCUT2D eigenvalue weighted by molar-refractivity contribution is -0.120. The Balaban J connectivity index is 2.18. The molecule has 1 heterocycles. The van der Waals surface area contributed by atoms with Gasteiger partial charge in [-0.05, 0) is 24.1 Å². The van der Waals surface area contributed by atoms with Crippen LogP contribution in [-0.4, -0.2) is 17.4 Å². The molecule has 0 saturated carbocycles. The molecule has 19 heavy (non-hydrogen) atoms. The van der Waals surface area contributed by atoms with Crippen molar-refractivity contribution in [3.05, 3.63) is 24.1 Å². The highest BCUT2D eigenvalue weighted by atomic mass is 16.3. The first kappa shape index (κ1) is 13.5. The highest BCUT2D eigenvalue weighted by molar-refractivity contribution is 5.94. The number of hydrogen-bond donors (Lipinski definition) is 2. The SMILES string of the molecule is Cc1nc2cc(NC(=O)C(CN)C(C)C)ccc2o1. The van der Waals surface area contributed by atoms with E-state index in [1.165, 1.54) is 0 Å². The molecule has 1 unspecified atom stereocenters. The Labute approximate surface area is 112 Å². The molecule has 3 N–H and O–H groups in total. The van der Waals surface area contributed by atoms with Gasteiger partial charge in [0, 0.05) is 19.2 Å². The zero-order valence-electron chi connectivity index (χ0n) is 11.4. The number of nitrogens with zero attached hydrogens (tertiary/aromatic N) is 1. The summed E-state index contributed by atoms with van der Waals surface area (Å²) in [6.45, 7) is 6.11. The van der Waals surface area contributed by atoms with Gasteiger partial charge in [-0.3, -0.25) is 4.79 Å². The molecule has 1 aromatic heterocycles. The maximum atomic E-state index is 12.1. The number of carbonyl (C=O) groups excluding carboxylic acids is 1. The zero-order valence-corrected chi connectivity index (χ0v) is 11.4. The van der Waals surface area contributed by atoms with Gasteiger partial charge in [0.15, 0.2) is 11.5 Å². The van der Waals surface area contributed by atoms with E-state index >= 15 is 0 Å². The molecule has 0 aliphatic heterocycles. The maximum Gasteiger partial charge on any atom is 0.229 e. The number of anilines is 1. The topological polar surface area (TPSA) is 81.2 Å². The molecule has 2 rings (SSSR count). The van der Waals surface area contributed by atoms with E-state index in [0.29, 0.717) is 18.1 Å². The summed E-state index contributed by atoms with van der Waals surface area (Å²) in [7, 11) is 0. The van der Waals surface area contributed by atoms with Crippen LogP contribution in [0.2, 0.25) is 0 Å². The summed E-state index contributed by atoms with van der Waals surface area (Å²) >= 11 is 0. The summed E-state index contributed by atoms with van der Waals surface area (Å²) in [4.78, 5) is 16.3. The first-order valence-electron chi connectivity index (χ1n) is 6.39. The van der Waals surface area contributed by atoms with E-state index in [1.54, 1.807) is 25.1 Å². The normalized spacial score (nSPS) is 12.9. The molecule has 0 radical (unpaired) electrons. The van der Waals surface area contributed by atoms with Crippen molar-refractivity contribution in [2.75, 3.05) is 11.9 Å². The van der Waals surface area contributed by atoms with Crippen molar-refractivity contribution in [3.8, 4) is 0 Å². The molecule has 1 atom stereocenters. The quantitative estimate of drug-likeness (QED) is 0.884. The van der Waals surface area contributed by atoms with Crippen LogP contribution in [0.15, 0.2) is 22.6 Å². The molecular weight excluding hydrogens is 242 g/mol. The largest absolute Gasteiger partial charge is 0.441 e. The van der Waals surface area contributed by atoms with Gasteiger partial charge in [-0.15, -0.1) is 0 Å². The third kappa shape index (κ3) is 2.93. The maximum absolute atomic E-state index is 12.1. The van der Waals surface area contributed by atoms with E-state index in [2.05, 4.69) is 10.3 Å². The number of rotatable bonds is 4. The monoisotopic (exact) mass is 261 g/mol. The van der Waals surface area contributed by atoms with Gasteiger partial charge in [-0.2, -0.15) is 0 Å². The number of amides is 1. The van der Waals surface area contributed by atoms with Gasteiger partial charge in [0.05, 0.1) is 5.92 Å². The second-order valence-electron chi connectivity index (χ2n) is 4.99. The lowest BCUT2D eigenvalue weighted by Crippen LogP contribution is -2.33. The van der Waals surface area contributed by atoms with E-state index in [-0.39, 0.29) is 17.7 Å². The standard InChI is InChI=1S/C14H19N3O2/c1-8(2)11(7-15)14(18)17-10-4-5-13-12(6-10)16-9(3)19-13/h4-6,8,11H,7,15H2,1-3H3,(H,17,18). The van der Waals surface area contributed by atoms with Gasteiger partial charge in [0.2, 0.25) is 5.91 Å². The average Bonchev–Trinajstić information content (AvgIpc) is 2.68. The van der Waals surface area contributed by atoms with Crippen LogP contribution in [0.3, 0.4) is 0 Å². The number of aromatic nitrogens is 1. The molecule has 0 bridgehead atoms. The average molecular weight is 261 g/mol. The molecule has 102 valence electrons. The van der Waals surface area contributed by atoms with Crippen LogP contribution >= 0.6 is 0 Å². The van der Waals surface area contributed by atoms with Crippen molar-refractivity contribution in [2.24, 2.45) is 17.6 Å². The smallest absolute Gasteiger partial charge is 0.229 e. The van der Waals surface area contributed by atoms with Crippen LogP contribution in [-0.2, 0) is 4.79 Å². The Morgan fingerprint density at radius 2 is 2.21 bits per heavy atom. The molecule has 2 aromatic rings. The van der Waals surface area contributed by atoms with Crippen LogP contribution in [0.1, 0.15) is 19.7 Å². The summed E-state index contributed by atoms with van der Waals surface area (Å²) in [6.07, 6.45) is 0. The van der Waals surface area contributed by atoms with Crippen LogP contribution in [0.5, 0.6) is 0 Å². The van der Waals surface area contributed by atoms with Crippen molar-refractivity contribution in [2.45, 2.75) is 20.8 Å². The fourth-order valence-electron chi connectivity index (χ4n) is 2.04. The fourth-order valence-corrected chi connectivity index (χ4v) is 2.04. The number of nitrogens with one attached hydrogen (secondary N) is 1. The summed E-state index contributed by atoms with van der Waals surface area (Å²) in [5.74, 6) is 0.579. The Hall–Kier alpha value is -1.88. The highest BCUT2D eigenvalue weighted by Gasteiger charge is 2.20. The molecule has 0 saturated heterocycles. The second kappa shape index (κ2) is 5.40. The molecule has 0 spiro atoms. The second-order valence-corrected chi connectivity index (χ2v) is 4.99. The molecule has 1 amide bonds. The molecule has 5 heteroatoms. The number of carbonyl (C=O) groups is 1. The third-order valence-electron chi connectivity index (χ3n) is 3.16. The minimum Gasteiger partial charge on any atom is -0.441 e. The van der Waals surface area contributed by atoms with E-state index in [1.807, 2.05) is 13.8 Å². The van der Waals surface area contributed by atoms with Crippen LogP contribution in [0.25, 0.3) is 11.1 Å². The van der Waals surface area contributed by atoms with Crippen molar-refractivity contribution >= 4 is 22.7 Å². The van der Waals surface area contributed by atoms with Crippen molar-refractivity contribution in [3.63, 3.8) is 0 Å². The van der Waals surface area contributed by atoms with E-state index in [0.717, 1.165) is 11.1 Å². The van der Waals surface area contributed by atoms with Crippen molar-refractivity contribution < 1.29 is 9.21 Å². The van der Waals surface area contributed by atoms with Gasteiger partial charge in [0.25, 0.3) is 0 Å². The predicted octanol–water partition coefficient (Wildman–Crippen LogP) is 2.31. The van der Waals surface area contributed by atoms with E-state index in [9.17, 15) is 4.79 Å². The molecule has 5 nitrogen and oxygen atoms in total. The summed E-state index contributed by atoms with van der Waals surface area (Å²) in [5.41, 5.74) is 7.80. The lowest BCUT2D eigenvalue weighted by Gasteiger charge is -2.18. The zero-order chi connectivity index (χ0) is 14.0. The Morgan fingerprint density at radius 1 is 1.47 bits per heavy atom. The van der Waals surface area contributed by atoms with Gasteiger partial charge in [-0.25, -0.2) is 4.98 Å². The Morgan fingerprint density at radius 3 is 2.84 bits per heavy atom. The number of benzene rings is 1. The minimum absolute atomic E-state index is 0.0583. The lowest BCUT2D eigenvalue weighted by atomic mass is 9.95. The Kier molecular flexibility index (Phi) is 3.85. The summed E-state index contributed by atoms with van der Waals surface area (Å²) < 4.78 is 5.39. The van der Waals surface area contributed by atoms with Gasteiger partial charge < -0.3 is 15.5 Å². The predicted molar refractivity (Wildman–Crippen MR) is 74.8 cm³/mol. The third-order valence-corrected chi connectivity index (χ3v) is 3.16. The molecule has 1 aromatic carbocycles. The van der Waals surface area contributed by atoms with Crippen molar-refractivity contribution in [1.29, 1.82) is 0 Å². The van der Waals surface area contributed by atoms with Crippen LogP contribution in [0, 0.1) is 18.8 Å². The number of aryl methyl sites for hydroxylation is 1. The van der Waals surface area contributed by atoms with Gasteiger partial charge in [-0.1, -0.05) is 13.8 Å².